The number of halogens is 2. The molecule has 2 amide bonds. The predicted molar refractivity (Wildman–Crippen MR) is 104 cm³/mol. The zero-order valence-corrected chi connectivity index (χ0v) is 16.5. The van der Waals surface area contributed by atoms with E-state index in [1.807, 2.05) is 0 Å². The van der Waals surface area contributed by atoms with Crippen LogP contribution >= 0.6 is 0 Å². The van der Waals surface area contributed by atoms with Gasteiger partial charge in [-0.3, -0.25) is 19.2 Å². The number of Topliss-reactive ketones (excluding diaryl/α,β-unsaturated/α-hetero) is 1. The molecule has 2 aliphatic rings. The van der Waals surface area contributed by atoms with Gasteiger partial charge in [-0.05, 0) is 19.4 Å². The first-order chi connectivity index (χ1) is 14.7. The summed E-state index contributed by atoms with van der Waals surface area (Å²) in [5.74, 6) is -4.24. The number of hydrogen-bond acceptors (Lipinski definition) is 5. The first-order valence-electron chi connectivity index (χ1n) is 9.73. The van der Waals surface area contributed by atoms with E-state index in [1.54, 1.807) is 6.92 Å². The molecule has 1 fully saturated rings. The molecule has 2 unspecified atom stereocenters. The van der Waals surface area contributed by atoms with E-state index in [2.05, 4.69) is 5.32 Å². The monoisotopic (exact) mass is 431 g/mol. The van der Waals surface area contributed by atoms with E-state index in [1.165, 1.54) is 9.47 Å². The quantitative estimate of drug-likeness (QED) is 0.766. The Bertz CT molecular complexity index is 1180. The maximum absolute atomic E-state index is 13.8. The lowest BCUT2D eigenvalue weighted by Crippen LogP contribution is -2.48. The molecule has 1 aromatic heterocycles. The van der Waals surface area contributed by atoms with E-state index in [0.717, 1.165) is 18.3 Å². The minimum Gasteiger partial charge on any atom is -0.503 e. The highest BCUT2D eigenvalue weighted by Crippen LogP contribution is 2.32. The number of hydrogen-bond donors (Lipinski definition) is 2. The van der Waals surface area contributed by atoms with Crippen LogP contribution in [-0.4, -0.2) is 44.8 Å². The number of carbonyl (C=O) groups excluding carboxylic acids is 3. The van der Waals surface area contributed by atoms with Crippen molar-refractivity contribution < 1.29 is 28.3 Å². The van der Waals surface area contributed by atoms with Crippen LogP contribution in [-0.2, 0) is 11.3 Å². The number of nitrogens with one attached hydrogen (secondary N) is 1. The molecule has 0 radical (unpaired) electrons. The van der Waals surface area contributed by atoms with Gasteiger partial charge in [0, 0.05) is 43.4 Å². The number of nitrogens with zero attached hydrogens (tertiary/aromatic N) is 2. The third kappa shape index (κ3) is 3.47. The summed E-state index contributed by atoms with van der Waals surface area (Å²) in [7, 11) is 0. The molecule has 2 bridgehead atoms. The van der Waals surface area contributed by atoms with Gasteiger partial charge < -0.3 is 19.9 Å². The first kappa shape index (κ1) is 20.7. The van der Waals surface area contributed by atoms with Gasteiger partial charge >= 0.3 is 0 Å². The Morgan fingerprint density at radius 3 is 2.71 bits per heavy atom. The summed E-state index contributed by atoms with van der Waals surface area (Å²) in [4.78, 5) is 52.1. The van der Waals surface area contributed by atoms with Crippen LogP contribution in [0.3, 0.4) is 0 Å². The normalized spacial score (nSPS) is 20.3. The van der Waals surface area contributed by atoms with Crippen LogP contribution in [0.1, 0.15) is 52.2 Å². The number of fused-ring (bicyclic) bond motifs is 4. The molecular weight excluding hydrogens is 412 g/mol. The lowest BCUT2D eigenvalue weighted by atomic mass is 10.0. The second-order valence-corrected chi connectivity index (χ2v) is 7.72. The van der Waals surface area contributed by atoms with Crippen LogP contribution in [0.4, 0.5) is 8.78 Å². The molecule has 3 heterocycles. The Labute approximate surface area is 175 Å². The van der Waals surface area contributed by atoms with Crippen LogP contribution in [0.5, 0.6) is 5.75 Å². The van der Waals surface area contributed by atoms with Gasteiger partial charge in [-0.15, -0.1) is 0 Å². The second-order valence-electron chi connectivity index (χ2n) is 7.72. The molecule has 1 saturated heterocycles. The molecule has 1 aromatic carbocycles. The van der Waals surface area contributed by atoms with Gasteiger partial charge in [-0.2, -0.15) is 0 Å². The number of carbonyl (C=O) groups is 3. The summed E-state index contributed by atoms with van der Waals surface area (Å²) in [5, 5.41) is 12.8. The van der Waals surface area contributed by atoms with Crippen molar-refractivity contribution in [3.8, 4) is 5.75 Å². The summed E-state index contributed by atoms with van der Waals surface area (Å²) in [6.45, 7) is 1.53. The number of benzene rings is 1. The van der Waals surface area contributed by atoms with Gasteiger partial charge in [0.25, 0.3) is 11.8 Å². The summed E-state index contributed by atoms with van der Waals surface area (Å²) in [6.07, 6.45) is 1.76. The maximum atomic E-state index is 13.8. The van der Waals surface area contributed by atoms with Crippen molar-refractivity contribution in [2.24, 2.45) is 0 Å². The van der Waals surface area contributed by atoms with Gasteiger partial charge in [-0.25, -0.2) is 8.78 Å². The summed E-state index contributed by atoms with van der Waals surface area (Å²) >= 11 is 0. The molecule has 0 aliphatic carbocycles. The number of ketones is 1. The Kier molecular flexibility index (Phi) is 5.08. The molecule has 8 nitrogen and oxygen atoms in total. The Hall–Kier alpha value is -3.56. The molecule has 4 rings (SSSR count). The Balaban J connectivity index is 1.70. The van der Waals surface area contributed by atoms with Crippen molar-refractivity contribution in [1.29, 1.82) is 0 Å². The molecule has 2 aliphatic heterocycles. The second kappa shape index (κ2) is 7.60. The SMILES string of the molecule is CC1CCC(=O)C2CN1C(=O)c1c(O)c(=O)c(C(=O)NCc3ccc(F)cc3F)cn12. The maximum Gasteiger partial charge on any atom is 0.274 e. The Morgan fingerprint density at radius 2 is 2.00 bits per heavy atom. The zero-order valence-electron chi connectivity index (χ0n) is 16.5. The fraction of sp³-hybridized carbons (Fsp3) is 0.333. The van der Waals surface area contributed by atoms with Crippen molar-refractivity contribution in [1.82, 2.24) is 14.8 Å². The standard InChI is InChI=1S/C21H19F2N3O5/c1-10-2-5-16(27)15-9-25(10)21(31)17-19(29)18(28)13(8-26(15)17)20(30)24-7-11-3-4-12(22)6-14(11)23/h3-4,6,8,10,15,29H,2,5,7,9H2,1H3,(H,24,30). The third-order valence-electron chi connectivity index (χ3n) is 5.79. The number of amides is 2. The topological polar surface area (TPSA) is 109 Å². The summed E-state index contributed by atoms with van der Waals surface area (Å²) in [6, 6.07) is 1.78. The van der Waals surface area contributed by atoms with E-state index in [-0.39, 0.29) is 42.6 Å². The number of aromatic nitrogens is 1. The van der Waals surface area contributed by atoms with Crippen LogP contribution in [0.25, 0.3) is 0 Å². The van der Waals surface area contributed by atoms with E-state index in [0.29, 0.717) is 12.5 Å². The average molecular weight is 431 g/mol. The molecule has 10 heteroatoms. The van der Waals surface area contributed by atoms with Crippen molar-refractivity contribution >= 4 is 17.6 Å². The van der Waals surface area contributed by atoms with Crippen LogP contribution < -0.4 is 10.7 Å². The van der Waals surface area contributed by atoms with Gasteiger partial charge in [0.2, 0.25) is 5.43 Å². The van der Waals surface area contributed by atoms with Crippen LogP contribution in [0.2, 0.25) is 0 Å². The van der Waals surface area contributed by atoms with E-state index < -0.39 is 46.2 Å². The van der Waals surface area contributed by atoms with Crippen molar-refractivity contribution in [2.75, 3.05) is 6.54 Å². The molecule has 31 heavy (non-hydrogen) atoms. The highest BCUT2D eigenvalue weighted by atomic mass is 19.1. The highest BCUT2D eigenvalue weighted by molar-refractivity contribution is 6.01. The van der Waals surface area contributed by atoms with Gasteiger partial charge in [0.15, 0.2) is 17.2 Å². The van der Waals surface area contributed by atoms with Crippen LogP contribution in [0.15, 0.2) is 29.2 Å². The minimum absolute atomic E-state index is 0.00390. The lowest BCUT2D eigenvalue weighted by Gasteiger charge is -2.36. The molecule has 2 N–H and O–H groups in total. The van der Waals surface area contributed by atoms with E-state index in [4.69, 9.17) is 0 Å². The van der Waals surface area contributed by atoms with Crippen molar-refractivity contribution in [3.63, 3.8) is 0 Å². The largest absolute Gasteiger partial charge is 0.503 e. The number of rotatable bonds is 3. The fourth-order valence-corrected chi connectivity index (χ4v) is 3.98. The number of pyridine rings is 1. The molecule has 0 saturated carbocycles. The van der Waals surface area contributed by atoms with Crippen LogP contribution in [0, 0.1) is 11.6 Å². The zero-order chi connectivity index (χ0) is 22.4. The highest BCUT2D eigenvalue weighted by Gasteiger charge is 2.41. The number of aromatic hydroxyl groups is 1. The molecule has 0 spiro atoms. The summed E-state index contributed by atoms with van der Waals surface area (Å²) < 4.78 is 28.0. The van der Waals surface area contributed by atoms with E-state index >= 15 is 0 Å². The molecular formula is C21H19F2N3O5. The average Bonchev–Trinajstić information content (AvgIpc) is 2.85. The third-order valence-corrected chi connectivity index (χ3v) is 5.79. The first-order valence-corrected chi connectivity index (χ1v) is 9.73. The van der Waals surface area contributed by atoms with E-state index in [9.17, 15) is 33.1 Å². The minimum atomic E-state index is -1.07. The predicted octanol–water partition coefficient (Wildman–Crippen LogP) is 1.51. The Morgan fingerprint density at radius 1 is 1.26 bits per heavy atom. The van der Waals surface area contributed by atoms with Crippen molar-refractivity contribution in [3.05, 3.63) is 63.1 Å². The lowest BCUT2D eigenvalue weighted by molar-refractivity contribution is -0.122. The van der Waals surface area contributed by atoms with Gasteiger partial charge in [0.05, 0.1) is 0 Å². The molecule has 2 atom stereocenters. The molecule has 2 aromatic rings. The fourth-order valence-electron chi connectivity index (χ4n) is 3.98. The molecule has 162 valence electrons. The summed E-state index contributed by atoms with van der Waals surface area (Å²) in [5.41, 5.74) is -1.90. The van der Waals surface area contributed by atoms with Crippen molar-refractivity contribution in [2.45, 2.75) is 38.4 Å². The smallest absolute Gasteiger partial charge is 0.274 e. The van der Waals surface area contributed by atoms with Gasteiger partial charge in [0.1, 0.15) is 23.2 Å². The van der Waals surface area contributed by atoms with Gasteiger partial charge in [-0.1, -0.05) is 6.07 Å².